The van der Waals surface area contributed by atoms with Crippen molar-refractivity contribution in [3.8, 4) is 11.5 Å². The Morgan fingerprint density at radius 3 is 2.75 bits per heavy atom. The molecule has 7 nitrogen and oxygen atoms in total. The summed E-state index contributed by atoms with van der Waals surface area (Å²) in [5.41, 5.74) is 1.80. The first-order chi connectivity index (χ1) is 13.6. The van der Waals surface area contributed by atoms with E-state index in [2.05, 4.69) is 27.8 Å². The van der Waals surface area contributed by atoms with Crippen LogP contribution in [0, 0.1) is 0 Å². The number of aromatic nitrogens is 4. The van der Waals surface area contributed by atoms with Gasteiger partial charge in [0.1, 0.15) is 6.61 Å². The number of halogens is 2. The number of benzene rings is 2. The number of methoxy groups -OCH3 is 1. The van der Waals surface area contributed by atoms with Gasteiger partial charge in [0.15, 0.2) is 11.5 Å². The van der Waals surface area contributed by atoms with Gasteiger partial charge in [-0.05, 0) is 46.2 Å². The Bertz CT molecular complexity index is 932. The Morgan fingerprint density at radius 1 is 1.14 bits per heavy atom. The van der Waals surface area contributed by atoms with Crippen molar-refractivity contribution in [1.82, 2.24) is 20.2 Å². The van der Waals surface area contributed by atoms with Gasteiger partial charge in [-0.3, -0.25) is 0 Å². The molecule has 148 valence electrons. The molecule has 1 heterocycles. The first-order valence-electron chi connectivity index (χ1n) is 8.84. The highest BCUT2D eigenvalue weighted by Gasteiger charge is 2.12. The Hall–Kier alpha value is -2.51. The number of nitrogens with one attached hydrogen (secondary N) is 1. The van der Waals surface area contributed by atoms with E-state index in [4.69, 9.17) is 32.7 Å². The van der Waals surface area contributed by atoms with Gasteiger partial charge in [-0.25, -0.2) is 4.68 Å². The van der Waals surface area contributed by atoms with Gasteiger partial charge in [-0.1, -0.05) is 47.4 Å². The van der Waals surface area contributed by atoms with Crippen LogP contribution in [0.2, 0.25) is 10.0 Å². The zero-order chi connectivity index (χ0) is 19.9. The zero-order valence-corrected chi connectivity index (χ0v) is 17.2. The second-order valence-electron chi connectivity index (χ2n) is 6.09. The fourth-order valence-electron chi connectivity index (χ4n) is 2.64. The summed E-state index contributed by atoms with van der Waals surface area (Å²) in [5.74, 6) is 1.75. The Balaban J connectivity index is 1.71. The van der Waals surface area contributed by atoms with Crippen molar-refractivity contribution >= 4 is 29.2 Å². The van der Waals surface area contributed by atoms with Gasteiger partial charge in [0.05, 0.1) is 7.11 Å². The van der Waals surface area contributed by atoms with Crippen LogP contribution >= 0.6 is 23.2 Å². The number of ether oxygens (including phenoxy) is 2. The van der Waals surface area contributed by atoms with Crippen LogP contribution in [0.1, 0.15) is 24.5 Å². The van der Waals surface area contributed by atoms with Gasteiger partial charge < -0.3 is 14.8 Å². The Kier molecular flexibility index (Phi) is 6.95. The highest BCUT2D eigenvalue weighted by molar-refractivity contribution is 6.31. The smallest absolute Gasteiger partial charge is 0.243 e. The van der Waals surface area contributed by atoms with Crippen molar-refractivity contribution in [3.63, 3.8) is 0 Å². The number of hydrogen-bond acceptors (Lipinski definition) is 6. The summed E-state index contributed by atoms with van der Waals surface area (Å²) in [5, 5.41) is 16.1. The minimum atomic E-state index is 0.358. The predicted octanol–water partition coefficient (Wildman–Crippen LogP) is 4.59. The van der Waals surface area contributed by atoms with Crippen LogP contribution < -0.4 is 14.8 Å². The maximum Gasteiger partial charge on any atom is 0.243 e. The summed E-state index contributed by atoms with van der Waals surface area (Å²) >= 11 is 12.5. The Morgan fingerprint density at radius 2 is 2.00 bits per heavy atom. The summed E-state index contributed by atoms with van der Waals surface area (Å²) < 4.78 is 13.1. The second kappa shape index (κ2) is 9.61. The molecule has 0 radical (unpaired) electrons. The van der Waals surface area contributed by atoms with Gasteiger partial charge >= 0.3 is 0 Å². The van der Waals surface area contributed by atoms with Gasteiger partial charge in [0, 0.05) is 29.2 Å². The fraction of sp³-hybridized carbons (Fsp3) is 0.316. The molecule has 1 aromatic heterocycles. The van der Waals surface area contributed by atoms with Crippen LogP contribution in [-0.2, 0) is 19.7 Å². The maximum absolute atomic E-state index is 6.45. The van der Waals surface area contributed by atoms with Crippen LogP contribution in [0.25, 0.3) is 0 Å². The van der Waals surface area contributed by atoms with E-state index < -0.39 is 0 Å². The first kappa shape index (κ1) is 20.2. The SMILES string of the molecule is CCCn1nnnc1NCc1cc(OC)c(OCc2cccc(Cl)c2)cc1Cl. The van der Waals surface area contributed by atoms with E-state index in [0.29, 0.717) is 40.6 Å². The lowest BCUT2D eigenvalue weighted by Gasteiger charge is -2.14. The summed E-state index contributed by atoms with van der Waals surface area (Å²) in [6.45, 7) is 3.61. The number of hydrogen-bond donors (Lipinski definition) is 1. The normalized spacial score (nSPS) is 10.7. The molecule has 3 aromatic rings. The molecule has 0 unspecified atom stereocenters. The van der Waals surface area contributed by atoms with Crippen molar-refractivity contribution in [2.75, 3.05) is 12.4 Å². The lowest BCUT2D eigenvalue weighted by Crippen LogP contribution is -2.09. The average Bonchev–Trinajstić information content (AvgIpc) is 3.13. The molecule has 0 atom stereocenters. The molecular formula is C19H21Cl2N5O2. The molecule has 28 heavy (non-hydrogen) atoms. The van der Waals surface area contributed by atoms with Crippen molar-refractivity contribution in [1.29, 1.82) is 0 Å². The van der Waals surface area contributed by atoms with Crippen LogP contribution in [0.3, 0.4) is 0 Å². The molecule has 0 aliphatic heterocycles. The van der Waals surface area contributed by atoms with Crippen molar-refractivity contribution in [3.05, 3.63) is 57.6 Å². The van der Waals surface area contributed by atoms with Crippen molar-refractivity contribution in [2.24, 2.45) is 0 Å². The van der Waals surface area contributed by atoms with E-state index in [9.17, 15) is 0 Å². The molecule has 0 aliphatic rings. The number of tetrazole rings is 1. The van der Waals surface area contributed by atoms with Crippen LogP contribution in [0.15, 0.2) is 36.4 Å². The van der Waals surface area contributed by atoms with E-state index in [1.807, 2.05) is 30.3 Å². The molecule has 3 rings (SSSR count). The Labute approximate surface area is 173 Å². The third kappa shape index (κ3) is 5.05. The average molecular weight is 422 g/mol. The summed E-state index contributed by atoms with van der Waals surface area (Å²) in [4.78, 5) is 0. The number of nitrogens with zero attached hydrogens (tertiary/aromatic N) is 4. The molecule has 0 spiro atoms. The van der Waals surface area contributed by atoms with Gasteiger partial charge in [0.25, 0.3) is 0 Å². The second-order valence-corrected chi connectivity index (χ2v) is 6.94. The third-order valence-electron chi connectivity index (χ3n) is 4.02. The third-order valence-corrected chi connectivity index (χ3v) is 4.61. The first-order valence-corrected chi connectivity index (χ1v) is 9.60. The fourth-order valence-corrected chi connectivity index (χ4v) is 3.07. The molecular weight excluding hydrogens is 401 g/mol. The molecule has 0 amide bonds. The summed E-state index contributed by atoms with van der Waals surface area (Å²) in [6.07, 6.45) is 0.937. The minimum Gasteiger partial charge on any atom is -0.493 e. The highest BCUT2D eigenvalue weighted by atomic mass is 35.5. The molecule has 1 N–H and O–H groups in total. The minimum absolute atomic E-state index is 0.358. The molecule has 2 aromatic carbocycles. The number of rotatable bonds is 9. The predicted molar refractivity (Wildman–Crippen MR) is 109 cm³/mol. The zero-order valence-electron chi connectivity index (χ0n) is 15.7. The quantitative estimate of drug-likeness (QED) is 0.544. The molecule has 0 bridgehead atoms. The highest BCUT2D eigenvalue weighted by Crippen LogP contribution is 2.34. The largest absolute Gasteiger partial charge is 0.493 e. The summed E-state index contributed by atoms with van der Waals surface area (Å²) in [6, 6.07) is 11.1. The monoisotopic (exact) mass is 421 g/mol. The van der Waals surface area contributed by atoms with E-state index in [-0.39, 0.29) is 0 Å². The van der Waals surface area contributed by atoms with Gasteiger partial charge in [0.2, 0.25) is 5.95 Å². The maximum atomic E-state index is 6.45. The molecule has 0 aliphatic carbocycles. The van der Waals surface area contributed by atoms with Crippen LogP contribution in [0.5, 0.6) is 11.5 Å². The molecule has 9 heteroatoms. The number of anilines is 1. The molecule has 0 fully saturated rings. The van der Waals surface area contributed by atoms with Crippen molar-refractivity contribution < 1.29 is 9.47 Å². The number of aryl methyl sites for hydroxylation is 1. The van der Waals surface area contributed by atoms with Crippen LogP contribution in [-0.4, -0.2) is 27.3 Å². The molecule has 0 saturated carbocycles. The topological polar surface area (TPSA) is 74.1 Å². The van der Waals surface area contributed by atoms with Gasteiger partial charge in [-0.2, -0.15) is 0 Å². The van der Waals surface area contributed by atoms with Crippen molar-refractivity contribution in [2.45, 2.75) is 33.0 Å². The lowest BCUT2D eigenvalue weighted by molar-refractivity contribution is 0.284. The van der Waals surface area contributed by atoms with E-state index in [0.717, 1.165) is 24.1 Å². The molecule has 0 saturated heterocycles. The standard InChI is InChI=1S/C19H21Cl2N5O2/c1-3-7-26-19(23-24-25-26)22-11-14-9-17(27-2)18(10-16(14)21)28-12-13-5-4-6-15(20)8-13/h4-6,8-10H,3,7,11-12H2,1-2H3,(H,22,23,25). The van der Waals surface area contributed by atoms with Gasteiger partial charge in [-0.15, -0.1) is 0 Å². The summed E-state index contributed by atoms with van der Waals surface area (Å²) in [7, 11) is 1.59. The van der Waals surface area contributed by atoms with Crippen LogP contribution in [0.4, 0.5) is 5.95 Å². The van der Waals surface area contributed by atoms with E-state index in [1.54, 1.807) is 17.9 Å². The van der Waals surface area contributed by atoms with E-state index in [1.165, 1.54) is 0 Å². The lowest BCUT2D eigenvalue weighted by atomic mass is 10.2. The van der Waals surface area contributed by atoms with E-state index >= 15 is 0 Å².